The van der Waals surface area contributed by atoms with Crippen LogP contribution in [0.3, 0.4) is 0 Å². The molecule has 17 heavy (non-hydrogen) atoms. The molecule has 1 fully saturated rings. The number of nitrogens with zero attached hydrogens (tertiary/aromatic N) is 1. The van der Waals surface area contributed by atoms with Crippen molar-refractivity contribution in [3.05, 3.63) is 0 Å². The van der Waals surface area contributed by atoms with Crippen LogP contribution in [0.2, 0.25) is 0 Å². The van der Waals surface area contributed by atoms with E-state index < -0.39 is 0 Å². The van der Waals surface area contributed by atoms with Crippen molar-refractivity contribution in [2.75, 3.05) is 33.4 Å². The molecule has 0 bridgehead atoms. The molecular formula is C14H30N2O. The zero-order chi connectivity index (χ0) is 12.9. The van der Waals surface area contributed by atoms with E-state index in [1.54, 1.807) is 0 Å². The van der Waals surface area contributed by atoms with Crippen molar-refractivity contribution >= 4 is 0 Å². The second-order valence-electron chi connectivity index (χ2n) is 5.90. The van der Waals surface area contributed by atoms with Gasteiger partial charge >= 0.3 is 0 Å². The highest BCUT2D eigenvalue weighted by molar-refractivity contribution is 4.86. The van der Waals surface area contributed by atoms with Crippen LogP contribution in [0.1, 0.15) is 40.5 Å². The average molecular weight is 242 g/mol. The van der Waals surface area contributed by atoms with E-state index in [1.165, 1.54) is 12.8 Å². The SMILES string of the molecule is CCCNC1COCC1CN(C)C(C)(C)CC. The summed E-state index contributed by atoms with van der Waals surface area (Å²) in [6.45, 7) is 13.1. The van der Waals surface area contributed by atoms with Gasteiger partial charge in [0.1, 0.15) is 0 Å². The predicted octanol–water partition coefficient (Wildman–Crippen LogP) is 2.12. The molecule has 0 aliphatic carbocycles. The summed E-state index contributed by atoms with van der Waals surface area (Å²) in [4.78, 5) is 2.48. The van der Waals surface area contributed by atoms with Gasteiger partial charge in [0.05, 0.1) is 13.2 Å². The molecule has 3 heteroatoms. The summed E-state index contributed by atoms with van der Waals surface area (Å²) in [5, 5.41) is 3.60. The molecule has 0 amide bonds. The fraction of sp³-hybridized carbons (Fsp3) is 1.00. The Labute approximate surface area is 107 Å². The fourth-order valence-electron chi connectivity index (χ4n) is 2.20. The van der Waals surface area contributed by atoms with Crippen LogP contribution in [-0.2, 0) is 4.74 Å². The molecule has 0 spiro atoms. The quantitative estimate of drug-likeness (QED) is 0.740. The van der Waals surface area contributed by atoms with Crippen molar-refractivity contribution < 1.29 is 4.74 Å². The average Bonchev–Trinajstić information content (AvgIpc) is 2.73. The maximum atomic E-state index is 5.62. The number of nitrogens with one attached hydrogen (secondary N) is 1. The molecule has 2 atom stereocenters. The molecule has 102 valence electrons. The minimum atomic E-state index is 0.290. The summed E-state index contributed by atoms with van der Waals surface area (Å²) in [5.41, 5.74) is 0.290. The van der Waals surface area contributed by atoms with Crippen LogP contribution in [-0.4, -0.2) is 49.8 Å². The molecule has 1 N–H and O–H groups in total. The molecular weight excluding hydrogens is 212 g/mol. The topological polar surface area (TPSA) is 24.5 Å². The summed E-state index contributed by atoms with van der Waals surface area (Å²) in [5.74, 6) is 0.636. The fourth-order valence-corrected chi connectivity index (χ4v) is 2.20. The van der Waals surface area contributed by atoms with Gasteiger partial charge < -0.3 is 15.0 Å². The highest BCUT2D eigenvalue weighted by Gasteiger charge is 2.31. The number of rotatable bonds is 7. The van der Waals surface area contributed by atoms with Gasteiger partial charge in [-0.1, -0.05) is 13.8 Å². The van der Waals surface area contributed by atoms with Gasteiger partial charge in [-0.25, -0.2) is 0 Å². The van der Waals surface area contributed by atoms with Gasteiger partial charge in [-0.2, -0.15) is 0 Å². The van der Waals surface area contributed by atoms with Crippen LogP contribution >= 0.6 is 0 Å². The van der Waals surface area contributed by atoms with Gasteiger partial charge in [0.15, 0.2) is 0 Å². The Morgan fingerprint density at radius 1 is 1.29 bits per heavy atom. The molecule has 2 unspecified atom stereocenters. The molecule has 1 heterocycles. The molecule has 0 aromatic rings. The van der Waals surface area contributed by atoms with Gasteiger partial charge in [-0.3, -0.25) is 0 Å². The second kappa shape index (κ2) is 6.72. The number of ether oxygens (including phenoxy) is 1. The van der Waals surface area contributed by atoms with Gasteiger partial charge in [-0.15, -0.1) is 0 Å². The summed E-state index contributed by atoms with van der Waals surface area (Å²) in [6, 6.07) is 0.546. The number of hydrogen-bond acceptors (Lipinski definition) is 3. The lowest BCUT2D eigenvalue weighted by atomic mass is 9.96. The molecule has 3 nitrogen and oxygen atoms in total. The van der Waals surface area contributed by atoms with Crippen LogP contribution in [0.15, 0.2) is 0 Å². The van der Waals surface area contributed by atoms with E-state index in [1.807, 2.05) is 0 Å². The normalized spacial score (nSPS) is 25.8. The van der Waals surface area contributed by atoms with Crippen molar-refractivity contribution in [2.24, 2.45) is 5.92 Å². The predicted molar refractivity (Wildman–Crippen MR) is 73.4 cm³/mol. The standard InChI is InChI=1S/C14H30N2O/c1-6-8-15-13-11-17-10-12(13)9-16(5)14(3,4)7-2/h12-13,15H,6-11H2,1-5H3. The van der Waals surface area contributed by atoms with E-state index in [9.17, 15) is 0 Å². The minimum Gasteiger partial charge on any atom is -0.379 e. The van der Waals surface area contributed by atoms with Gasteiger partial charge in [0.2, 0.25) is 0 Å². The lowest BCUT2D eigenvalue weighted by molar-refractivity contribution is 0.114. The van der Waals surface area contributed by atoms with E-state index in [4.69, 9.17) is 4.74 Å². The van der Waals surface area contributed by atoms with Crippen molar-refractivity contribution in [3.63, 3.8) is 0 Å². The smallest absolute Gasteiger partial charge is 0.0623 e. The first kappa shape index (κ1) is 14.9. The summed E-state index contributed by atoms with van der Waals surface area (Å²) in [7, 11) is 2.23. The summed E-state index contributed by atoms with van der Waals surface area (Å²) in [6.07, 6.45) is 2.38. The minimum absolute atomic E-state index is 0.290. The highest BCUT2D eigenvalue weighted by atomic mass is 16.5. The van der Waals surface area contributed by atoms with Crippen molar-refractivity contribution in [1.82, 2.24) is 10.2 Å². The first-order valence-corrected chi connectivity index (χ1v) is 7.03. The Bertz CT molecular complexity index is 218. The zero-order valence-corrected chi connectivity index (χ0v) is 12.3. The monoisotopic (exact) mass is 242 g/mol. The van der Waals surface area contributed by atoms with Crippen molar-refractivity contribution in [3.8, 4) is 0 Å². The largest absolute Gasteiger partial charge is 0.379 e. The Hall–Kier alpha value is -0.120. The van der Waals surface area contributed by atoms with Crippen molar-refractivity contribution in [2.45, 2.75) is 52.1 Å². The second-order valence-corrected chi connectivity index (χ2v) is 5.90. The number of hydrogen-bond donors (Lipinski definition) is 1. The molecule has 1 aliphatic heterocycles. The summed E-state index contributed by atoms with van der Waals surface area (Å²) < 4.78 is 5.62. The molecule has 1 aliphatic rings. The first-order chi connectivity index (χ1) is 8.01. The van der Waals surface area contributed by atoms with Gasteiger partial charge in [0, 0.05) is 24.0 Å². The van der Waals surface area contributed by atoms with Crippen molar-refractivity contribution in [1.29, 1.82) is 0 Å². The third-order valence-corrected chi connectivity index (χ3v) is 4.26. The Morgan fingerprint density at radius 2 is 2.00 bits per heavy atom. The molecule has 0 radical (unpaired) electrons. The van der Waals surface area contributed by atoms with Crippen LogP contribution in [0.25, 0.3) is 0 Å². The van der Waals surface area contributed by atoms with E-state index in [2.05, 4.69) is 45.0 Å². The van der Waals surface area contributed by atoms with Crippen LogP contribution < -0.4 is 5.32 Å². The molecule has 0 saturated carbocycles. The third kappa shape index (κ3) is 4.23. The highest BCUT2D eigenvalue weighted by Crippen LogP contribution is 2.21. The third-order valence-electron chi connectivity index (χ3n) is 4.26. The Balaban J connectivity index is 2.44. The molecule has 1 rings (SSSR count). The summed E-state index contributed by atoms with van der Waals surface area (Å²) >= 11 is 0. The molecule has 0 aromatic carbocycles. The maximum absolute atomic E-state index is 5.62. The lowest BCUT2D eigenvalue weighted by Crippen LogP contribution is -2.47. The van der Waals surface area contributed by atoms with E-state index in [0.717, 1.165) is 26.3 Å². The van der Waals surface area contributed by atoms with Crippen LogP contribution in [0, 0.1) is 5.92 Å². The Morgan fingerprint density at radius 3 is 2.59 bits per heavy atom. The Kier molecular flexibility index (Phi) is 5.90. The van der Waals surface area contributed by atoms with Crippen LogP contribution in [0.4, 0.5) is 0 Å². The van der Waals surface area contributed by atoms with E-state index in [0.29, 0.717) is 12.0 Å². The van der Waals surface area contributed by atoms with Crippen LogP contribution in [0.5, 0.6) is 0 Å². The van der Waals surface area contributed by atoms with E-state index in [-0.39, 0.29) is 5.54 Å². The maximum Gasteiger partial charge on any atom is 0.0623 e. The molecule has 1 saturated heterocycles. The van der Waals surface area contributed by atoms with E-state index >= 15 is 0 Å². The first-order valence-electron chi connectivity index (χ1n) is 7.03. The zero-order valence-electron chi connectivity index (χ0n) is 12.3. The lowest BCUT2D eigenvalue weighted by Gasteiger charge is -2.37. The van der Waals surface area contributed by atoms with Gasteiger partial charge in [0.25, 0.3) is 0 Å². The van der Waals surface area contributed by atoms with Gasteiger partial charge in [-0.05, 0) is 40.3 Å². The molecule has 0 aromatic heterocycles.